The lowest BCUT2D eigenvalue weighted by Crippen LogP contribution is -1.91. The Morgan fingerprint density at radius 2 is 1.29 bits per heavy atom. The Balaban J connectivity index is 0.000000579. The molecule has 2 aromatic carbocycles. The summed E-state index contributed by atoms with van der Waals surface area (Å²) >= 11 is 0. The van der Waals surface area contributed by atoms with Crippen molar-refractivity contribution in [1.29, 1.82) is 0 Å². The van der Waals surface area contributed by atoms with Crippen LogP contribution in [0.2, 0.25) is 0 Å². The summed E-state index contributed by atoms with van der Waals surface area (Å²) in [5.41, 5.74) is 4.19. The van der Waals surface area contributed by atoms with Crippen LogP contribution in [-0.4, -0.2) is 6.79 Å². The summed E-state index contributed by atoms with van der Waals surface area (Å²) in [6, 6.07) is 19.4. The van der Waals surface area contributed by atoms with E-state index in [2.05, 4.69) is 82.3 Å². The highest BCUT2D eigenvalue weighted by atomic mass is 16.1. The molecule has 114 valence electrons. The molecule has 21 heavy (non-hydrogen) atoms. The third-order valence-corrected chi connectivity index (χ3v) is 2.63. The Kier molecular flexibility index (Phi) is 10.8. The summed E-state index contributed by atoms with van der Waals surface area (Å²) in [4.78, 5) is 8.00. The van der Waals surface area contributed by atoms with Crippen molar-refractivity contribution >= 4 is 6.79 Å². The standard InChI is InChI=1S/C15H16.C4H10.CH2O/c1-13-6-5-9-15(12-13)11-10-14-7-3-2-4-8-14;1-4(2)3;1-2/h2-9,12H,10-11H2,1H3;4H,1-3H3;1H2. The predicted molar refractivity (Wildman–Crippen MR) is 92.7 cm³/mol. The predicted octanol–water partition coefficient (Wildman–Crippen LogP) is 5.26. The zero-order chi connectivity index (χ0) is 16.1. The first-order chi connectivity index (χ1) is 10.1. The maximum Gasteiger partial charge on any atom is 0.106 e. The van der Waals surface area contributed by atoms with Crippen LogP contribution < -0.4 is 0 Å². The molecular weight excluding hydrogens is 256 g/mol. The first kappa shape index (κ1) is 19.1. The van der Waals surface area contributed by atoms with Crippen LogP contribution in [-0.2, 0) is 17.6 Å². The van der Waals surface area contributed by atoms with Crippen LogP contribution in [0.5, 0.6) is 0 Å². The van der Waals surface area contributed by atoms with Crippen LogP contribution in [0.3, 0.4) is 0 Å². The third-order valence-electron chi connectivity index (χ3n) is 2.63. The van der Waals surface area contributed by atoms with Gasteiger partial charge >= 0.3 is 0 Å². The average Bonchev–Trinajstić information content (AvgIpc) is 2.48. The number of carbonyl (C=O) groups is 1. The number of carbonyl (C=O) groups excluding carboxylic acids is 1. The van der Waals surface area contributed by atoms with Gasteiger partial charge in [-0.1, -0.05) is 80.9 Å². The number of hydrogen-bond acceptors (Lipinski definition) is 1. The second kappa shape index (κ2) is 11.9. The molecule has 1 nitrogen and oxygen atoms in total. The molecule has 0 radical (unpaired) electrons. The van der Waals surface area contributed by atoms with Crippen LogP contribution in [0.25, 0.3) is 0 Å². The zero-order valence-corrected chi connectivity index (χ0v) is 13.8. The average molecular weight is 284 g/mol. The van der Waals surface area contributed by atoms with Gasteiger partial charge in [0.2, 0.25) is 0 Å². The largest absolute Gasteiger partial charge is 0.307 e. The highest BCUT2D eigenvalue weighted by Gasteiger charge is 1.95. The molecule has 0 spiro atoms. The SMILES string of the molecule is C=O.CC(C)C.Cc1cccc(CCc2ccccc2)c1. The Bertz CT molecular complexity index is 471. The van der Waals surface area contributed by atoms with Gasteiger partial charge in [-0.15, -0.1) is 0 Å². The lowest BCUT2D eigenvalue weighted by atomic mass is 10.0. The van der Waals surface area contributed by atoms with Crippen molar-refractivity contribution in [1.82, 2.24) is 0 Å². The fourth-order valence-electron chi connectivity index (χ4n) is 1.80. The molecule has 0 saturated carbocycles. The smallest absolute Gasteiger partial charge is 0.106 e. The molecule has 1 heteroatoms. The van der Waals surface area contributed by atoms with E-state index in [1.165, 1.54) is 16.7 Å². The summed E-state index contributed by atoms with van der Waals surface area (Å²) in [5, 5.41) is 0. The second-order valence-corrected chi connectivity index (χ2v) is 5.71. The molecule has 2 rings (SSSR count). The molecule has 0 N–H and O–H groups in total. The van der Waals surface area contributed by atoms with E-state index in [-0.39, 0.29) is 0 Å². The Labute approximate surface area is 130 Å². The normalized spacial score (nSPS) is 9.19. The molecule has 0 unspecified atom stereocenters. The van der Waals surface area contributed by atoms with Crippen molar-refractivity contribution in [2.24, 2.45) is 5.92 Å². The Hall–Kier alpha value is -1.89. The molecule has 0 saturated heterocycles. The molecule has 0 aliphatic carbocycles. The zero-order valence-electron chi connectivity index (χ0n) is 13.8. The monoisotopic (exact) mass is 284 g/mol. The maximum atomic E-state index is 8.00. The first-order valence-electron chi connectivity index (χ1n) is 7.46. The summed E-state index contributed by atoms with van der Waals surface area (Å²) < 4.78 is 0. The Morgan fingerprint density at radius 3 is 1.81 bits per heavy atom. The van der Waals surface area contributed by atoms with Crippen LogP contribution in [0.15, 0.2) is 54.6 Å². The van der Waals surface area contributed by atoms with Gasteiger partial charge in [-0.2, -0.15) is 0 Å². The summed E-state index contributed by atoms with van der Waals surface area (Å²) in [5.74, 6) is 0.833. The van der Waals surface area contributed by atoms with E-state index in [9.17, 15) is 0 Å². The van der Waals surface area contributed by atoms with Gasteiger partial charge < -0.3 is 4.79 Å². The van der Waals surface area contributed by atoms with Gasteiger partial charge in [-0.05, 0) is 36.8 Å². The molecule has 2 aromatic rings. The van der Waals surface area contributed by atoms with Crippen molar-refractivity contribution in [3.8, 4) is 0 Å². The van der Waals surface area contributed by atoms with E-state index in [4.69, 9.17) is 4.79 Å². The minimum Gasteiger partial charge on any atom is -0.307 e. The van der Waals surface area contributed by atoms with Crippen molar-refractivity contribution in [2.75, 3.05) is 0 Å². The van der Waals surface area contributed by atoms with Crippen LogP contribution in [0.1, 0.15) is 37.5 Å². The molecule has 0 aliphatic rings. The molecule has 0 bridgehead atoms. The fraction of sp³-hybridized carbons (Fsp3) is 0.350. The number of aryl methyl sites for hydroxylation is 3. The van der Waals surface area contributed by atoms with Crippen molar-refractivity contribution in [3.63, 3.8) is 0 Å². The van der Waals surface area contributed by atoms with Gasteiger partial charge in [-0.25, -0.2) is 0 Å². The van der Waals surface area contributed by atoms with E-state index < -0.39 is 0 Å². The van der Waals surface area contributed by atoms with Crippen molar-refractivity contribution in [3.05, 3.63) is 71.3 Å². The van der Waals surface area contributed by atoms with Gasteiger partial charge in [0.1, 0.15) is 6.79 Å². The van der Waals surface area contributed by atoms with E-state index in [1.54, 1.807) is 0 Å². The quantitative estimate of drug-likeness (QED) is 0.751. The van der Waals surface area contributed by atoms with Gasteiger partial charge in [0.15, 0.2) is 0 Å². The lowest BCUT2D eigenvalue weighted by molar-refractivity contribution is -0.0979. The van der Waals surface area contributed by atoms with Gasteiger partial charge in [-0.3, -0.25) is 0 Å². The number of rotatable bonds is 3. The summed E-state index contributed by atoms with van der Waals surface area (Å²) in [7, 11) is 0. The fourth-order valence-corrected chi connectivity index (χ4v) is 1.80. The van der Waals surface area contributed by atoms with Gasteiger partial charge in [0, 0.05) is 0 Å². The molecule has 0 fully saturated rings. The first-order valence-corrected chi connectivity index (χ1v) is 7.46. The number of benzene rings is 2. The molecule has 0 amide bonds. The second-order valence-electron chi connectivity index (χ2n) is 5.71. The van der Waals surface area contributed by atoms with Crippen LogP contribution >= 0.6 is 0 Å². The minimum absolute atomic E-state index is 0.833. The topological polar surface area (TPSA) is 17.1 Å². The summed E-state index contributed by atoms with van der Waals surface area (Å²) in [6.07, 6.45) is 2.26. The van der Waals surface area contributed by atoms with E-state index in [1.807, 2.05) is 6.79 Å². The highest BCUT2D eigenvalue weighted by Crippen LogP contribution is 2.08. The molecular formula is C20H28O. The Morgan fingerprint density at radius 1 is 0.810 bits per heavy atom. The van der Waals surface area contributed by atoms with Gasteiger partial charge in [0.05, 0.1) is 0 Å². The number of hydrogen-bond donors (Lipinski definition) is 0. The van der Waals surface area contributed by atoms with E-state index in [0.717, 1.165) is 18.8 Å². The maximum absolute atomic E-state index is 8.00. The van der Waals surface area contributed by atoms with Crippen LogP contribution in [0, 0.1) is 12.8 Å². The third kappa shape index (κ3) is 10.5. The van der Waals surface area contributed by atoms with Crippen molar-refractivity contribution in [2.45, 2.75) is 40.5 Å². The van der Waals surface area contributed by atoms with Gasteiger partial charge in [0.25, 0.3) is 0 Å². The van der Waals surface area contributed by atoms with Crippen LogP contribution in [0.4, 0.5) is 0 Å². The molecule has 0 aromatic heterocycles. The van der Waals surface area contributed by atoms with E-state index >= 15 is 0 Å². The molecule has 0 heterocycles. The summed E-state index contributed by atoms with van der Waals surface area (Å²) in [6.45, 7) is 10.6. The molecule has 0 aliphatic heterocycles. The minimum atomic E-state index is 0.833. The highest BCUT2D eigenvalue weighted by molar-refractivity contribution is 5.24. The molecule has 0 atom stereocenters. The van der Waals surface area contributed by atoms with Crippen molar-refractivity contribution < 1.29 is 4.79 Å². The lowest BCUT2D eigenvalue weighted by Gasteiger charge is -2.02. The van der Waals surface area contributed by atoms with E-state index in [0.29, 0.717) is 0 Å².